The van der Waals surface area contributed by atoms with E-state index in [1.807, 2.05) is 0 Å². The molecule has 3 aromatic heterocycles. The highest BCUT2D eigenvalue weighted by Gasteiger charge is 2.27. The quantitative estimate of drug-likeness (QED) is 0.178. The Bertz CT molecular complexity index is 3040. The molecule has 0 fully saturated rings. The number of benzene rings is 6. The van der Waals surface area contributed by atoms with Gasteiger partial charge in [0.1, 0.15) is 22.7 Å². The van der Waals surface area contributed by atoms with E-state index in [9.17, 15) is 0 Å². The van der Waals surface area contributed by atoms with Gasteiger partial charge >= 0.3 is 0 Å². The van der Waals surface area contributed by atoms with Gasteiger partial charge in [-0.15, -0.1) is 0 Å². The van der Waals surface area contributed by atoms with Crippen LogP contribution < -0.4 is 0 Å². The number of hydrogen-bond acceptors (Lipinski definition) is 3. The summed E-state index contributed by atoms with van der Waals surface area (Å²) < 4.78 is 12.4. The minimum absolute atomic E-state index is 0.0218. The molecular weight excluding hydrogens is 752 g/mol. The number of hydrogen-bond donors (Lipinski definition) is 0. The zero-order valence-corrected chi connectivity index (χ0v) is 34.7. The lowest BCUT2D eigenvalue weighted by atomic mass is 9.86. The zero-order chi connectivity index (χ0) is 38.6. The maximum Gasteiger partial charge on any atom is 0.163 e. The van der Waals surface area contributed by atoms with Crippen LogP contribution in [0.15, 0.2) is 106 Å². The second kappa shape index (κ2) is 12.8. The Morgan fingerprint density at radius 1 is 0.607 bits per heavy atom. The van der Waals surface area contributed by atoms with Gasteiger partial charge in [0.15, 0.2) is 5.58 Å². The van der Waals surface area contributed by atoms with Crippen LogP contribution in [0, 0.1) is 27.7 Å². The van der Waals surface area contributed by atoms with Gasteiger partial charge in [0.2, 0.25) is 0 Å². The number of fused-ring (bicyclic) bond motifs is 8. The molecule has 6 aromatic carbocycles. The van der Waals surface area contributed by atoms with Crippen LogP contribution in [0.1, 0.15) is 72.6 Å². The molecule has 0 amide bonds. The van der Waals surface area contributed by atoms with Gasteiger partial charge in [-0.25, -0.2) is 9.97 Å². The van der Waals surface area contributed by atoms with Gasteiger partial charge < -0.3 is 4.42 Å². The summed E-state index contributed by atoms with van der Waals surface area (Å²) in [5.74, 6) is 1.85. The second-order valence-corrected chi connectivity index (χ2v) is 17.6. The molecule has 0 saturated heterocycles. The summed E-state index contributed by atoms with van der Waals surface area (Å²) in [5.41, 5.74) is 19.0. The highest BCUT2D eigenvalue weighted by Crippen LogP contribution is 2.44. The molecule has 1 aliphatic rings. The van der Waals surface area contributed by atoms with E-state index in [1.165, 1.54) is 57.3 Å². The number of imidazole rings is 2. The van der Waals surface area contributed by atoms with Crippen LogP contribution >= 0.6 is 15.9 Å². The summed E-state index contributed by atoms with van der Waals surface area (Å²) >= 11 is 4.24. The van der Waals surface area contributed by atoms with Crippen molar-refractivity contribution in [3.63, 3.8) is 0 Å². The Kier molecular flexibility index (Phi) is 7.99. The molecule has 0 N–H and O–H groups in total. The summed E-state index contributed by atoms with van der Waals surface area (Å²) in [6.07, 6.45) is 4.60. The van der Waals surface area contributed by atoms with E-state index in [-0.39, 0.29) is 5.41 Å². The number of furan rings is 1. The van der Waals surface area contributed by atoms with E-state index in [0.717, 1.165) is 89.9 Å². The summed E-state index contributed by atoms with van der Waals surface area (Å²) in [7, 11) is 0. The molecule has 0 spiro atoms. The molecule has 0 unspecified atom stereocenters. The number of aryl methyl sites for hydroxylation is 6. The largest absolute Gasteiger partial charge is 0.454 e. The first-order valence-electron chi connectivity index (χ1n) is 19.8. The Balaban J connectivity index is 1.28. The van der Waals surface area contributed by atoms with Crippen molar-refractivity contribution in [2.75, 3.05) is 0 Å². The first-order valence-corrected chi connectivity index (χ1v) is 20.6. The molecule has 1 aliphatic carbocycles. The van der Waals surface area contributed by atoms with Crippen LogP contribution in [0.3, 0.4) is 0 Å². The fraction of sp³-hybridized carbons (Fsp3) is 0.240. The van der Waals surface area contributed by atoms with Gasteiger partial charge in [0, 0.05) is 21.9 Å². The van der Waals surface area contributed by atoms with E-state index in [2.05, 4.69) is 171 Å². The van der Waals surface area contributed by atoms with Crippen molar-refractivity contribution in [2.24, 2.45) is 0 Å². The van der Waals surface area contributed by atoms with Gasteiger partial charge in [-0.1, -0.05) is 75.4 Å². The number of rotatable bonds is 4. The van der Waals surface area contributed by atoms with Gasteiger partial charge in [-0.2, -0.15) is 0 Å². The summed E-state index contributed by atoms with van der Waals surface area (Å²) in [6.45, 7) is 15.5. The van der Waals surface area contributed by atoms with Gasteiger partial charge in [0.05, 0.1) is 32.4 Å². The number of halogens is 1. The molecule has 9 aromatic rings. The first kappa shape index (κ1) is 35.0. The molecule has 10 rings (SSSR count). The fourth-order valence-corrected chi connectivity index (χ4v) is 9.84. The maximum absolute atomic E-state index is 6.73. The van der Waals surface area contributed by atoms with Crippen molar-refractivity contribution in [1.82, 2.24) is 19.1 Å². The Morgan fingerprint density at radius 3 is 1.79 bits per heavy atom. The van der Waals surface area contributed by atoms with Crippen LogP contribution in [0.25, 0.3) is 78.2 Å². The fourth-order valence-electron chi connectivity index (χ4n) is 9.22. The molecule has 0 radical (unpaired) electrons. The van der Waals surface area contributed by atoms with Gasteiger partial charge in [-0.3, -0.25) is 9.13 Å². The highest BCUT2D eigenvalue weighted by molar-refractivity contribution is 9.10. The standard InChI is InChI=1S/C50H45BrN4O/c1-28-13-10-14-29(2)42(28)48-52-45-34-18-9-8-17-32(34)21-24-39(45)54(48)37-19-12-20-38(44(37)51)55-40-25-23-35-36-27-33(50(5,6)7)22-26-41(36)56-47(35)46(40)53-49(55)43-30(3)15-11-16-31(43)4/h10-16,19-27H,8-9,17-18H2,1-7H3. The Hall–Kier alpha value is -5.46. The third kappa shape index (κ3) is 5.25. The molecule has 5 nitrogen and oxygen atoms in total. The van der Waals surface area contributed by atoms with Crippen molar-refractivity contribution >= 4 is 59.9 Å². The zero-order valence-electron chi connectivity index (χ0n) is 33.1. The highest BCUT2D eigenvalue weighted by atomic mass is 79.9. The topological polar surface area (TPSA) is 48.8 Å². The van der Waals surface area contributed by atoms with Gasteiger partial charge in [0.25, 0.3) is 0 Å². The second-order valence-electron chi connectivity index (χ2n) is 16.8. The molecule has 0 atom stereocenters. The summed E-state index contributed by atoms with van der Waals surface area (Å²) in [4.78, 5) is 11.1. The van der Waals surface area contributed by atoms with Crippen LogP contribution in [-0.4, -0.2) is 19.1 Å². The SMILES string of the molecule is Cc1cccc(C)c1-c1nc2c3c(ccc2n1-c1cccc(-n2c(-c4c(C)cccc4C)nc4c5oc6ccc(C(C)(C)C)cc6c5ccc42)c1Br)CCCC3. The molecule has 278 valence electrons. The van der Waals surface area contributed by atoms with Crippen molar-refractivity contribution in [3.05, 3.63) is 140 Å². The maximum atomic E-state index is 6.73. The van der Waals surface area contributed by atoms with E-state index < -0.39 is 0 Å². The van der Waals surface area contributed by atoms with Crippen molar-refractivity contribution in [1.29, 1.82) is 0 Å². The van der Waals surface area contributed by atoms with Gasteiger partial charge in [-0.05, 0) is 156 Å². The molecule has 3 heterocycles. The monoisotopic (exact) mass is 796 g/mol. The van der Waals surface area contributed by atoms with Crippen LogP contribution in [0.2, 0.25) is 0 Å². The molecule has 0 bridgehead atoms. The lowest BCUT2D eigenvalue weighted by Gasteiger charge is -2.19. The van der Waals surface area contributed by atoms with Crippen molar-refractivity contribution < 1.29 is 4.42 Å². The lowest BCUT2D eigenvalue weighted by Crippen LogP contribution is -2.10. The third-order valence-corrected chi connectivity index (χ3v) is 12.9. The Morgan fingerprint density at radius 2 is 1.16 bits per heavy atom. The molecule has 0 aliphatic heterocycles. The van der Waals surface area contributed by atoms with Crippen LogP contribution in [-0.2, 0) is 18.3 Å². The van der Waals surface area contributed by atoms with E-state index in [0.29, 0.717) is 0 Å². The van der Waals surface area contributed by atoms with E-state index in [1.54, 1.807) is 0 Å². The van der Waals surface area contributed by atoms with Crippen LogP contribution in [0.4, 0.5) is 0 Å². The van der Waals surface area contributed by atoms with Crippen LogP contribution in [0.5, 0.6) is 0 Å². The number of nitrogens with zero attached hydrogens (tertiary/aromatic N) is 4. The third-order valence-electron chi connectivity index (χ3n) is 12.1. The van der Waals surface area contributed by atoms with E-state index in [4.69, 9.17) is 14.4 Å². The number of aromatic nitrogens is 4. The molecular formula is C50H45BrN4O. The van der Waals surface area contributed by atoms with E-state index >= 15 is 0 Å². The minimum Gasteiger partial charge on any atom is -0.454 e. The lowest BCUT2D eigenvalue weighted by molar-refractivity contribution is 0.590. The predicted octanol–water partition coefficient (Wildman–Crippen LogP) is 13.8. The minimum atomic E-state index is 0.0218. The van der Waals surface area contributed by atoms with Crippen molar-refractivity contribution in [2.45, 2.75) is 79.6 Å². The summed E-state index contributed by atoms with van der Waals surface area (Å²) in [5, 5.41) is 2.20. The smallest absolute Gasteiger partial charge is 0.163 e. The molecule has 6 heteroatoms. The normalized spacial score (nSPS) is 13.4. The summed E-state index contributed by atoms with van der Waals surface area (Å²) in [6, 6.07) is 35.3. The average molecular weight is 798 g/mol. The molecule has 0 saturated carbocycles. The Labute approximate surface area is 336 Å². The molecule has 56 heavy (non-hydrogen) atoms. The first-order chi connectivity index (χ1) is 27.0. The average Bonchev–Trinajstić information content (AvgIpc) is 3.86. The predicted molar refractivity (Wildman–Crippen MR) is 236 cm³/mol. The van der Waals surface area contributed by atoms with Crippen molar-refractivity contribution in [3.8, 4) is 34.2 Å².